The van der Waals surface area contributed by atoms with Crippen molar-refractivity contribution in [2.75, 3.05) is 20.3 Å². The van der Waals surface area contributed by atoms with Gasteiger partial charge in [-0.15, -0.1) is 0 Å². The Bertz CT molecular complexity index is 1130. The van der Waals surface area contributed by atoms with Crippen molar-refractivity contribution in [2.45, 2.75) is 116 Å². The van der Waals surface area contributed by atoms with Crippen LogP contribution < -0.4 is 0 Å². The van der Waals surface area contributed by atoms with Crippen molar-refractivity contribution >= 4 is 5.97 Å². The fourth-order valence-corrected chi connectivity index (χ4v) is 7.50. The number of ether oxygens (including phenoxy) is 2. The molecule has 4 heteroatoms. The highest BCUT2D eigenvalue weighted by Crippen LogP contribution is 2.40. The van der Waals surface area contributed by atoms with Gasteiger partial charge in [0.25, 0.3) is 0 Å². The van der Waals surface area contributed by atoms with Gasteiger partial charge < -0.3 is 14.6 Å². The van der Waals surface area contributed by atoms with Crippen LogP contribution in [0.15, 0.2) is 60.7 Å². The second-order valence-corrected chi connectivity index (χ2v) is 14.0. The number of allylic oxidation sites excluding steroid dienone is 2. The van der Waals surface area contributed by atoms with E-state index in [-0.39, 0.29) is 24.2 Å². The third-order valence-electron chi connectivity index (χ3n) is 10.2. The molecule has 236 valence electrons. The second-order valence-electron chi connectivity index (χ2n) is 14.0. The number of hydrogen-bond acceptors (Lipinski definition) is 4. The molecule has 0 heterocycles. The van der Waals surface area contributed by atoms with E-state index in [1.165, 1.54) is 75.3 Å². The molecule has 3 aliphatic rings. The number of carbonyl (C=O) groups excluding carboxylic acids is 1. The van der Waals surface area contributed by atoms with Gasteiger partial charge in [-0.3, -0.25) is 4.79 Å². The van der Waals surface area contributed by atoms with Crippen LogP contribution in [-0.4, -0.2) is 31.4 Å². The zero-order valence-corrected chi connectivity index (χ0v) is 27.2. The number of aromatic hydroxyl groups is 1. The molecule has 5 rings (SSSR count). The number of phenolic OH excluding ortho intramolecular Hbond substituents is 1. The van der Waals surface area contributed by atoms with Crippen LogP contribution in [0.2, 0.25) is 0 Å². The van der Waals surface area contributed by atoms with Crippen LogP contribution in [-0.2, 0) is 14.3 Å². The molecular weight excluding hydrogens is 532 g/mol. The normalized spacial score (nSPS) is 21.8. The van der Waals surface area contributed by atoms with Crippen molar-refractivity contribution in [3.8, 4) is 5.75 Å². The summed E-state index contributed by atoms with van der Waals surface area (Å²) in [7, 11) is 1.60. The molecule has 2 aromatic rings. The smallest absolute Gasteiger partial charge is 0.311 e. The summed E-state index contributed by atoms with van der Waals surface area (Å²) in [6.07, 6.45) is 20.4. The number of esters is 1. The predicted molar refractivity (Wildman–Crippen MR) is 177 cm³/mol. The SMILES string of the molecule is C1=CC2CCCCC2C1.COCCOC(=O)C(C)(C)CC(CC(C)c1ccc(C2CCCCC2)cc1)c1ccc(O)cc1. The molecule has 0 spiro atoms. The Morgan fingerprint density at radius 3 is 2.21 bits per heavy atom. The Labute approximate surface area is 261 Å². The standard InChI is InChI=1S/C30H42O4.C9H14/c1-22(23-10-12-25(13-11-23)24-8-6-5-7-9-24)20-27(26-14-16-28(31)17-15-26)21-30(2,3)29(32)34-19-18-33-4;1-2-5-9-7-3-6-8(9)4-1/h10-17,22,24,27,31H,5-9,18-21H2,1-4H3;3,6,8-9H,1-2,4-5,7H2. The Kier molecular flexibility index (Phi) is 12.8. The molecule has 0 amide bonds. The highest BCUT2D eigenvalue weighted by Gasteiger charge is 2.34. The first kappa shape index (κ1) is 33.3. The lowest BCUT2D eigenvalue weighted by atomic mass is 9.75. The molecule has 0 aliphatic heterocycles. The van der Waals surface area contributed by atoms with E-state index in [9.17, 15) is 9.90 Å². The van der Waals surface area contributed by atoms with E-state index < -0.39 is 5.41 Å². The molecule has 0 bridgehead atoms. The lowest BCUT2D eigenvalue weighted by Gasteiger charge is -2.30. The first-order valence-electron chi connectivity index (χ1n) is 17.0. The Morgan fingerprint density at radius 1 is 0.884 bits per heavy atom. The fourth-order valence-electron chi connectivity index (χ4n) is 7.50. The van der Waals surface area contributed by atoms with Crippen molar-refractivity contribution in [2.24, 2.45) is 17.3 Å². The number of hydrogen-bond donors (Lipinski definition) is 1. The number of methoxy groups -OCH3 is 1. The maximum atomic E-state index is 12.8. The minimum absolute atomic E-state index is 0.165. The first-order chi connectivity index (χ1) is 20.8. The molecule has 2 aromatic carbocycles. The highest BCUT2D eigenvalue weighted by atomic mass is 16.6. The van der Waals surface area contributed by atoms with Crippen LogP contribution in [0.1, 0.15) is 132 Å². The summed E-state index contributed by atoms with van der Waals surface area (Å²) in [4.78, 5) is 12.8. The molecular formula is C39H56O4. The van der Waals surface area contributed by atoms with E-state index in [1.807, 2.05) is 26.0 Å². The van der Waals surface area contributed by atoms with Gasteiger partial charge in [-0.05, 0) is 117 Å². The fraction of sp³-hybridized carbons (Fsp3) is 0.615. The van der Waals surface area contributed by atoms with Gasteiger partial charge in [-0.1, -0.05) is 87.6 Å². The van der Waals surface area contributed by atoms with Gasteiger partial charge in [0.2, 0.25) is 0 Å². The van der Waals surface area contributed by atoms with Gasteiger partial charge in [0.05, 0.1) is 12.0 Å². The third-order valence-corrected chi connectivity index (χ3v) is 10.2. The van der Waals surface area contributed by atoms with Crippen LogP contribution in [0.25, 0.3) is 0 Å². The summed E-state index contributed by atoms with van der Waals surface area (Å²) < 4.78 is 10.5. The van der Waals surface area contributed by atoms with Gasteiger partial charge in [0.1, 0.15) is 12.4 Å². The summed E-state index contributed by atoms with van der Waals surface area (Å²) in [5, 5.41) is 9.79. The molecule has 43 heavy (non-hydrogen) atoms. The average Bonchev–Trinajstić information content (AvgIpc) is 3.51. The zero-order chi connectivity index (χ0) is 30.7. The van der Waals surface area contributed by atoms with Crippen LogP contribution in [0.4, 0.5) is 0 Å². The van der Waals surface area contributed by atoms with Crippen molar-refractivity contribution in [1.29, 1.82) is 0 Å². The Morgan fingerprint density at radius 2 is 1.53 bits per heavy atom. The summed E-state index contributed by atoms with van der Waals surface area (Å²) in [5.74, 6) is 3.33. The van der Waals surface area contributed by atoms with Crippen LogP contribution in [0.5, 0.6) is 5.75 Å². The van der Waals surface area contributed by atoms with E-state index in [0.29, 0.717) is 24.9 Å². The lowest BCUT2D eigenvalue weighted by molar-refractivity contribution is -0.155. The van der Waals surface area contributed by atoms with Gasteiger partial charge in [-0.25, -0.2) is 0 Å². The number of rotatable bonds is 11. The summed E-state index contributed by atoms with van der Waals surface area (Å²) >= 11 is 0. The monoisotopic (exact) mass is 588 g/mol. The lowest BCUT2D eigenvalue weighted by Crippen LogP contribution is -2.30. The number of carbonyl (C=O) groups is 1. The number of benzene rings is 2. The van der Waals surface area contributed by atoms with Gasteiger partial charge in [-0.2, -0.15) is 0 Å². The summed E-state index contributed by atoms with van der Waals surface area (Å²) in [6.45, 7) is 6.86. The van der Waals surface area contributed by atoms with Gasteiger partial charge >= 0.3 is 5.97 Å². The number of fused-ring (bicyclic) bond motifs is 1. The Hall–Kier alpha value is -2.59. The van der Waals surface area contributed by atoms with E-state index in [4.69, 9.17) is 9.47 Å². The summed E-state index contributed by atoms with van der Waals surface area (Å²) in [5.41, 5.74) is 3.33. The van der Waals surface area contributed by atoms with Crippen molar-refractivity contribution in [3.05, 3.63) is 77.4 Å². The molecule has 4 unspecified atom stereocenters. The van der Waals surface area contributed by atoms with Crippen LogP contribution >= 0.6 is 0 Å². The van der Waals surface area contributed by atoms with Crippen molar-refractivity contribution < 1.29 is 19.4 Å². The van der Waals surface area contributed by atoms with Gasteiger partial charge in [0.15, 0.2) is 0 Å². The molecule has 3 aliphatic carbocycles. The van der Waals surface area contributed by atoms with E-state index >= 15 is 0 Å². The number of phenols is 1. The quantitative estimate of drug-likeness (QED) is 0.161. The van der Waals surface area contributed by atoms with Crippen molar-refractivity contribution in [1.82, 2.24) is 0 Å². The summed E-state index contributed by atoms with van der Waals surface area (Å²) in [6, 6.07) is 16.7. The second kappa shape index (κ2) is 16.5. The molecule has 0 saturated heterocycles. The van der Waals surface area contributed by atoms with Crippen LogP contribution in [0.3, 0.4) is 0 Å². The van der Waals surface area contributed by atoms with E-state index in [2.05, 4.69) is 43.3 Å². The topological polar surface area (TPSA) is 55.8 Å². The minimum atomic E-state index is -0.624. The zero-order valence-electron chi connectivity index (χ0n) is 27.2. The van der Waals surface area contributed by atoms with Crippen molar-refractivity contribution in [3.63, 3.8) is 0 Å². The molecule has 2 saturated carbocycles. The molecule has 1 N–H and O–H groups in total. The van der Waals surface area contributed by atoms with Crippen LogP contribution in [0, 0.1) is 17.3 Å². The maximum absolute atomic E-state index is 12.8. The molecule has 2 fully saturated rings. The van der Waals surface area contributed by atoms with E-state index in [0.717, 1.165) is 23.8 Å². The highest BCUT2D eigenvalue weighted by molar-refractivity contribution is 5.76. The third kappa shape index (κ3) is 9.96. The minimum Gasteiger partial charge on any atom is -0.508 e. The molecule has 0 aromatic heterocycles. The Balaban J connectivity index is 0.000000395. The largest absolute Gasteiger partial charge is 0.508 e. The predicted octanol–water partition coefficient (Wildman–Crippen LogP) is 10.1. The average molecular weight is 589 g/mol. The first-order valence-corrected chi connectivity index (χ1v) is 17.0. The molecule has 4 atom stereocenters. The molecule has 4 nitrogen and oxygen atoms in total. The maximum Gasteiger partial charge on any atom is 0.311 e. The van der Waals surface area contributed by atoms with Gasteiger partial charge in [0, 0.05) is 7.11 Å². The molecule has 0 radical (unpaired) electrons. The van der Waals surface area contributed by atoms with E-state index in [1.54, 1.807) is 19.2 Å².